The van der Waals surface area contributed by atoms with Crippen LogP contribution in [0.1, 0.15) is 5.56 Å². The van der Waals surface area contributed by atoms with E-state index in [1.807, 2.05) is 33.1 Å². The van der Waals surface area contributed by atoms with Crippen molar-refractivity contribution in [2.24, 2.45) is 5.10 Å². The summed E-state index contributed by atoms with van der Waals surface area (Å²) in [5.74, 6) is 1.87. The third kappa shape index (κ3) is 4.38. The van der Waals surface area contributed by atoms with E-state index in [1.54, 1.807) is 29.3 Å². The molecule has 1 N–H and O–H groups in total. The van der Waals surface area contributed by atoms with Crippen molar-refractivity contribution in [3.05, 3.63) is 46.0 Å². The van der Waals surface area contributed by atoms with Crippen LogP contribution in [-0.2, 0) is 0 Å². The fraction of sp³-hybridized carbons (Fsp3) is 0.267. The van der Waals surface area contributed by atoms with Gasteiger partial charge in [0.15, 0.2) is 5.82 Å². The van der Waals surface area contributed by atoms with Crippen LogP contribution in [0.15, 0.2) is 35.4 Å². The number of nitro benzene ring substituents is 1. The van der Waals surface area contributed by atoms with E-state index in [0.29, 0.717) is 11.8 Å². The number of rotatable bonds is 6. The SMILES string of the molecule is CN(C)c1cc(NN=Cc2ccc([N+](=O)[O-])cc2)nc(N(C)C)n1. The van der Waals surface area contributed by atoms with Gasteiger partial charge in [0.05, 0.1) is 11.1 Å². The van der Waals surface area contributed by atoms with Gasteiger partial charge in [-0.15, -0.1) is 0 Å². The Morgan fingerprint density at radius 3 is 2.33 bits per heavy atom. The Hall–Kier alpha value is -3.23. The number of hydrogen-bond acceptors (Lipinski definition) is 8. The van der Waals surface area contributed by atoms with Crippen LogP contribution in [-0.4, -0.2) is 49.3 Å². The maximum absolute atomic E-state index is 10.6. The monoisotopic (exact) mass is 329 g/mol. The maximum atomic E-state index is 10.6. The molecule has 0 saturated carbocycles. The number of anilines is 3. The minimum atomic E-state index is -0.439. The van der Waals surface area contributed by atoms with E-state index in [1.165, 1.54) is 12.1 Å². The molecule has 0 aliphatic carbocycles. The number of nitrogens with zero attached hydrogens (tertiary/aromatic N) is 6. The molecule has 9 nitrogen and oxygen atoms in total. The molecule has 126 valence electrons. The van der Waals surface area contributed by atoms with Gasteiger partial charge in [0.2, 0.25) is 5.95 Å². The number of nitro groups is 1. The van der Waals surface area contributed by atoms with E-state index < -0.39 is 4.92 Å². The summed E-state index contributed by atoms with van der Waals surface area (Å²) in [7, 11) is 7.51. The van der Waals surface area contributed by atoms with E-state index in [9.17, 15) is 10.1 Å². The number of nitrogens with one attached hydrogen (secondary N) is 1. The molecule has 9 heteroatoms. The Balaban J connectivity index is 2.14. The van der Waals surface area contributed by atoms with Gasteiger partial charge in [-0.1, -0.05) is 0 Å². The van der Waals surface area contributed by atoms with Crippen LogP contribution in [0.4, 0.5) is 23.3 Å². The predicted molar refractivity (Wildman–Crippen MR) is 95.0 cm³/mol. The van der Waals surface area contributed by atoms with Crippen molar-refractivity contribution >= 4 is 29.5 Å². The molecule has 1 aromatic carbocycles. The number of benzene rings is 1. The van der Waals surface area contributed by atoms with Gasteiger partial charge in [-0.2, -0.15) is 15.1 Å². The summed E-state index contributed by atoms with van der Waals surface area (Å²) < 4.78 is 0. The van der Waals surface area contributed by atoms with Crippen molar-refractivity contribution in [1.82, 2.24) is 9.97 Å². The summed E-state index contributed by atoms with van der Waals surface area (Å²) in [5.41, 5.74) is 3.63. The minimum Gasteiger partial charge on any atom is -0.363 e. The van der Waals surface area contributed by atoms with Crippen molar-refractivity contribution in [3.8, 4) is 0 Å². The van der Waals surface area contributed by atoms with E-state index in [0.717, 1.165) is 11.4 Å². The van der Waals surface area contributed by atoms with Gasteiger partial charge < -0.3 is 9.80 Å². The third-order valence-electron chi connectivity index (χ3n) is 3.06. The number of aromatic nitrogens is 2. The Labute approximate surface area is 139 Å². The molecule has 0 spiro atoms. The summed E-state index contributed by atoms with van der Waals surface area (Å²) in [6.07, 6.45) is 1.57. The molecule has 24 heavy (non-hydrogen) atoms. The lowest BCUT2D eigenvalue weighted by Crippen LogP contribution is -2.17. The first-order valence-electron chi connectivity index (χ1n) is 7.14. The average molecular weight is 329 g/mol. The normalized spacial score (nSPS) is 10.7. The Morgan fingerprint density at radius 2 is 1.79 bits per heavy atom. The molecular weight excluding hydrogens is 310 g/mol. The molecule has 1 heterocycles. The second kappa shape index (κ2) is 7.36. The molecule has 1 aromatic heterocycles. The van der Waals surface area contributed by atoms with Crippen molar-refractivity contribution in [1.29, 1.82) is 0 Å². The lowest BCUT2D eigenvalue weighted by Gasteiger charge is -2.16. The van der Waals surface area contributed by atoms with Crippen LogP contribution >= 0.6 is 0 Å². The summed E-state index contributed by atoms with van der Waals surface area (Å²) in [4.78, 5) is 22.6. The average Bonchev–Trinajstić information content (AvgIpc) is 2.55. The lowest BCUT2D eigenvalue weighted by atomic mass is 10.2. The maximum Gasteiger partial charge on any atom is 0.269 e. The molecule has 2 rings (SSSR count). The summed E-state index contributed by atoms with van der Waals surface area (Å²) >= 11 is 0. The zero-order valence-electron chi connectivity index (χ0n) is 14.0. The molecule has 2 aromatic rings. The van der Waals surface area contributed by atoms with E-state index >= 15 is 0 Å². The standard InChI is InChI=1S/C15H19N7O2/c1-20(2)14-9-13(17-15(18-14)21(3)4)19-16-10-11-5-7-12(8-6-11)22(23)24/h5-10H,1-4H3,(H,17,18,19). The van der Waals surface area contributed by atoms with Gasteiger partial charge in [0.1, 0.15) is 5.82 Å². The van der Waals surface area contributed by atoms with Gasteiger partial charge in [-0.25, -0.2) is 0 Å². The second-order valence-corrected chi connectivity index (χ2v) is 5.42. The van der Waals surface area contributed by atoms with Crippen molar-refractivity contribution in [3.63, 3.8) is 0 Å². The fourth-order valence-electron chi connectivity index (χ4n) is 1.76. The van der Waals surface area contributed by atoms with Gasteiger partial charge in [-0.3, -0.25) is 15.5 Å². The number of hydrogen-bond donors (Lipinski definition) is 1. The first kappa shape index (κ1) is 17.1. The molecule has 0 aliphatic rings. The van der Waals surface area contributed by atoms with Crippen LogP contribution in [0, 0.1) is 10.1 Å². The smallest absolute Gasteiger partial charge is 0.269 e. The van der Waals surface area contributed by atoms with Gasteiger partial charge >= 0.3 is 0 Å². The van der Waals surface area contributed by atoms with Crippen LogP contribution in [0.2, 0.25) is 0 Å². The Morgan fingerprint density at radius 1 is 1.12 bits per heavy atom. The highest BCUT2D eigenvalue weighted by atomic mass is 16.6. The topological polar surface area (TPSA) is 99.8 Å². The molecule has 0 amide bonds. The van der Waals surface area contributed by atoms with E-state index in [2.05, 4.69) is 20.5 Å². The highest BCUT2D eigenvalue weighted by molar-refractivity contribution is 5.80. The lowest BCUT2D eigenvalue weighted by molar-refractivity contribution is -0.384. The molecule has 0 aliphatic heterocycles. The van der Waals surface area contributed by atoms with Crippen molar-refractivity contribution < 1.29 is 4.92 Å². The van der Waals surface area contributed by atoms with Crippen LogP contribution in [0.5, 0.6) is 0 Å². The Kier molecular flexibility index (Phi) is 5.25. The summed E-state index contributed by atoms with van der Waals surface area (Å²) in [6, 6.07) is 7.89. The Bertz CT molecular complexity index is 716. The largest absolute Gasteiger partial charge is 0.363 e. The van der Waals surface area contributed by atoms with Gasteiger partial charge in [0.25, 0.3) is 5.69 Å². The van der Waals surface area contributed by atoms with Gasteiger partial charge in [0, 0.05) is 46.4 Å². The quantitative estimate of drug-likeness (QED) is 0.491. The van der Waals surface area contributed by atoms with Gasteiger partial charge in [-0.05, 0) is 17.7 Å². The first-order chi connectivity index (χ1) is 11.4. The molecule has 0 radical (unpaired) electrons. The van der Waals surface area contributed by atoms with Crippen molar-refractivity contribution in [2.75, 3.05) is 43.4 Å². The molecule has 0 atom stereocenters. The minimum absolute atomic E-state index is 0.0437. The van der Waals surface area contributed by atoms with Crippen LogP contribution < -0.4 is 15.2 Å². The molecular formula is C15H19N7O2. The summed E-state index contributed by atoms with van der Waals surface area (Å²) in [6.45, 7) is 0. The molecule has 0 fully saturated rings. The fourth-order valence-corrected chi connectivity index (χ4v) is 1.76. The number of hydrazone groups is 1. The second-order valence-electron chi connectivity index (χ2n) is 5.42. The highest BCUT2D eigenvalue weighted by Crippen LogP contribution is 2.17. The molecule has 0 bridgehead atoms. The zero-order valence-corrected chi connectivity index (χ0v) is 14.0. The summed E-state index contributed by atoms with van der Waals surface area (Å²) in [5, 5.41) is 14.7. The zero-order chi connectivity index (χ0) is 17.7. The number of non-ortho nitro benzene ring substituents is 1. The van der Waals surface area contributed by atoms with Crippen LogP contribution in [0.3, 0.4) is 0 Å². The van der Waals surface area contributed by atoms with Crippen LogP contribution in [0.25, 0.3) is 0 Å². The third-order valence-corrected chi connectivity index (χ3v) is 3.06. The van der Waals surface area contributed by atoms with E-state index in [-0.39, 0.29) is 5.69 Å². The highest BCUT2D eigenvalue weighted by Gasteiger charge is 2.07. The molecule has 0 unspecified atom stereocenters. The van der Waals surface area contributed by atoms with Crippen molar-refractivity contribution in [2.45, 2.75) is 0 Å². The first-order valence-corrected chi connectivity index (χ1v) is 7.14. The predicted octanol–water partition coefficient (Wildman–Crippen LogP) is 1.96. The van der Waals surface area contributed by atoms with E-state index in [4.69, 9.17) is 0 Å². The molecule has 0 saturated heterocycles.